The van der Waals surface area contributed by atoms with Crippen molar-refractivity contribution in [2.24, 2.45) is 0 Å². The third-order valence-corrected chi connectivity index (χ3v) is 10.1. The van der Waals surface area contributed by atoms with Gasteiger partial charge in [-0.2, -0.15) is 0 Å². The van der Waals surface area contributed by atoms with Crippen LogP contribution in [0.3, 0.4) is 0 Å². The van der Waals surface area contributed by atoms with Gasteiger partial charge in [-0.15, -0.1) is 0 Å². The second kappa shape index (κ2) is 12.9. The summed E-state index contributed by atoms with van der Waals surface area (Å²) in [5.41, 5.74) is 13.4. The summed E-state index contributed by atoms with van der Waals surface area (Å²) in [6.45, 7) is 0. The Morgan fingerprint density at radius 2 is 0.887 bits per heavy atom. The summed E-state index contributed by atoms with van der Waals surface area (Å²) < 4.78 is 6.22. The highest BCUT2D eigenvalue weighted by Crippen LogP contribution is 2.40. The fourth-order valence-electron chi connectivity index (χ4n) is 7.41. The van der Waals surface area contributed by atoms with E-state index in [9.17, 15) is 0 Å². The number of para-hydroxylation sites is 1. The molecule has 0 N–H and O–H groups in total. The molecule has 2 aromatic heterocycles. The molecular formula is C50H32N2O. The van der Waals surface area contributed by atoms with Crippen molar-refractivity contribution in [1.82, 2.24) is 9.97 Å². The maximum atomic E-state index is 6.22. The minimum absolute atomic E-state index is 0.691. The fraction of sp³-hybridized carbons (Fsp3) is 0. The smallest absolute Gasteiger partial charge is 0.160 e. The zero-order valence-electron chi connectivity index (χ0n) is 28.8. The Morgan fingerprint density at radius 1 is 0.302 bits per heavy atom. The van der Waals surface area contributed by atoms with E-state index < -0.39 is 0 Å². The van der Waals surface area contributed by atoms with Crippen molar-refractivity contribution in [3.05, 3.63) is 194 Å². The Labute approximate surface area is 307 Å². The van der Waals surface area contributed by atoms with E-state index in [0.29, 0.717) is 5.82 Å². The number of furan rings is 1. The van der Waals surface area contributed by atoms with Gasteiger partial charge in [-0.3, -0.25) is 0 Å². The van der Waals surface area contributed by atoms with Crippen LogP contribution in [0.5, 0.6) is 0 Å². The topological polar surface area (TPSA) is 38.9 Å². The van der Waals surface area contributed by atoms with Gasteiger partial charge in [-0.1, -0.05) is 146 Å². The van der Waals surface area contributed by atoms with E-state index in [1.807, 2.05) is 36.4 Å². The van der Waals surface area contributed by atoms with Crippen LogP contribution in [0.2, 0.25) is 0 Å². The zero-order valence-corrected chi connectivity index (χ0v) is 28.8. The third kappa shape index (κ3) is 5.75. The molecular weight excluding hydrogens is 645 g/mol. The average Bonchev–Trinajstić information content (AvgIpc) is 3.62. The number of nitrogens with zero attached hydrogens (tertiary/aromatic N) is 2. The molecule has 248 valence electrons. The molecule has 53 heavy (non-hydrogen) atoms. The standard InChI is InChI=1S/C50H32N2O/c1-3-14-34(15-4-1)46-32-47(52-50(51-46)35-16-5-2-6-17-35)41-29-39(37-25-26-49-45(31-37)44-21-11-12-22-48(44)53-49)28-40(30-41)43-20-10-9-19-42(43)38-24-23-33-13-7-8-18-36(33)27-38/h1-32H. The Morgan fingerprint density at radius 3 is 1.70 bits per heavy atom. The van der Waals surface area contributed by atoms with Gasteiger partial charge in [0.05, 0.1) is 11.4 Å². The second-order valence-electron chi connectivity index (χ2n) is 13.4. The van der Waals surface area contributed by atoms with Crippen molar-refractivity contribution in [2.75, 3.05) is 0 Å². The van der Waals surface area contributed by atoms with Crippen LogP contribution in [0.15, 0.2) is 199 Å². The van der Waals surface area contributed by atoms with Gasteiger partial charge in [-0.25, -0.2) is 9.97 Å². The molecule has 0 aliphatic carbocycles. The summed E-state index contributed by atoms with van der Waals surface area (Å²) in [6.07, 6.45) is 0. The minimum Gasteiger partial charge on any atom is -0.456 e. The first-order valence-corrected chi connectivity index (χ1v) is 17.9. The van der Waals surface area contributed by atoms with E-state index in [1.54, 1.807) is 0 Å². The molecule has 0 aliphatic heterocycles. The predicted molar refractivity (Wildman–Crippen MR) is 219 cm³/mol. The van der Waals surface area contributed by atoms with Crippen LogP contribution in [-0.4, -0.2) is 9.97 Å². The van der Waals surface area contributed by atoms with E-state index in [2.05, 4.69) is 158 Å². The fourth-order valence-corrected chi connectivity index (χ4v) is 7.41. The lowest BCUT2D eigenvalue weighted by molar-refractivity contribution is 0.669. The molecule has 8 aromatic carbocycles. The molecule has 0 saturated carbocycles. The van der Waals surface area contributed by atoms with Crippen LogP contribution in [-0.2, 0) is 0 Å². The summed E-state index contributed by atoms with van der Waals surface area (Å²) in [6, 6.07) is 68.3. The SMILES string of the molecule is c1ccc(-c2cc(-c3cc(-c4ccc5oc6ccccc6c5c4)cc(-c4ccccc4-c4ccc5ccccc5c4)c3)nc(-c3ccccc3)n2)cc1. The molecule has 0 amide bonds. The molecule has 0 spiro atoms. The maximum Gasteiger partial charge on any atom is 0.160 e. The van der Waals surface area contributed by atoms with Gasteiger partial charge in [0.2, 0.25) is 0 Å². The molecule has 10 aromatic rings. The van der Waals surface area contributed by atoms with Crippen LogP contribution in [0.1, 0.15) is 0 Å². The Kier molecular flexibility index (Phi) is 7.47. The van der Waals surface area contributed by atoms with Crippen LogP contribution >= 0.6 is 0 Å². The van der Waals surface area contributed by atoms with Gasteiger partial charge in [0, 0.05) is 27.5 Å². The number of hydrogen-bond acceptors (Lipinski definition) is 3. The van der Waals surface area contributed by atoms with Gasteiger partial charge in [0.15, 0.2) is 5.82 Å². The van der Waals surface area contributed by atoms with E-state index in [1.165, 1.54) is 21.9 Å². The highest BCUT2D eigenvalue weighted by Gasteiger charge is 2.16. The largest absolute Gasteiger partial charge is 0.456 e. The molecule has 0 radical (unpaired) electrons. The first-order chi connectivity index (χ1) is 26.2. The normalized spacial score (nSPS) is 11.4. The summed E-state index contributed by atoms with van der Waals surface area (Å²) >= 11 is 0. The molecule has 0 atom stereocenters. The zero-order chi connectivity index (χ0) is 35.1. The van der Waals surface area contributed by atoms with E-state index in [-0.39, 0.29) is 0 Å². The Bertz CT molecular complexity index is 2890. The summed E-state index contributed by atoms with van der Waals surface area (Å²) in [4.78, 5) is 10.3. The first kappa shape index (κ1) is 30.7. The van der Waals surface area contributed by atoms with E-state index >= 15 is 0 Å². The van der Waals surface area contributed by atoms with Crippen LogP contribution in [0.4, 0.5) is 0 Å². The number of aromatic nitrogens is 2. The quantitative estimate of drug-likeness (QED) is 0.176. The van der Waals surface area contributed by atoms with Gasteiger partial charge in [-0.05, 0) is 92.7 Å². The highest BCUT2D eigenvalue weighted by molar-refractivity contribution is 6.06. The lowest BCUT2D eigenvalue weighted by Gasteiger charge is -2.16. The van der Waals surface area contributed by atoms with Gasteiger partial charge < -0.3 is 4.42 Å². The van der Waals surface area contributed by atoms with Gasteiger partial charge in [0.25, 0.3) is 0 Å². The lowest BCUT2D eigenvalue weighted by atomic mass is 9.89. The monoisotopic (exact) mass is 676 g/mol. The van der Waals surface area contributed by atoms with Gasteiger partial charge >= 0.3 is 0 Å². The van der Waals surface area contributed by atoms with Crippen LogP contribution in [0.25, 0.3) is 100.0 Å². The number of hydrogen-bond donors (Lipinski definition) is 0. The summed E-state index contributed by atoms with van der Waals surface area (Å²) in [5, 5.41) is 4.66. The number of rotatable bonds is 6. The molecule has 10 rings (SSSR count). The Balaban J connectivity index is 1.21. The molecule has 0 saturated heterocycles. The molecule has 0 aliphatic rings. The molecule has 0 bridgehead atoms. The third-order valence-electron chi connectivity index (χ3n) is 10.1. The lowest BCUT2D eigenvalue weighted by Crippen LogP contribution is -1.96. The molecule has 3 heteroatoms. The van der Waals surface area contributed by atoms with Crippen molar-refractivity contribution in [1.29, 1.82) is 0 Å². The molecule has 3 nitrogen and oxygen atoms in total. The van der Waals surface area contributed by atoms with E-state index in [0.717, 1.165) is 72.3 Å². The van der Waals surface area contributed by atoms with Gasteiger partial charge in [0.1, 0.15) is 11.2 Å². The molecule has 0 fully saturated rings. The molecule has 0 unspecified atom stereocenters. The van der Waals surface area contributed by atoms with Crippen LogP contribution in [0, 0.1) is 0 Å². The van der Waals surface area contributed by atoms with Crippen molar-refractivity contribution in [3.63, 3.8) is 0 Å². The average molecular weight is 677 g/mol. The minimum atomic E-state index is 0.691. The van der Waals surface area contributed by atoms with Crippen molar-refractivity contribution < 1.29 is 4.42 Å². The van der Waals surface area contributed by atoms with Crippen molar-refractivity contribution in [3.8, 4) is 67.3 Å². The molecule has 2 heterocycles. The Hall–Kier alpha value is -7.10. The number of fused-ring (bicyclic) bond motifs is 4. The maximum absolute atomic E-state index is 6.22. The highest BCUT2D eigenvalue weighted by atomic mass is 16.3. The van der Waals surface area contributed by atoms with Crippen molar-refractivity contribution >= 4 is 32.7 Å². The first-order valence-electron chi connectivity index (χ1n) is 17.9. The van der Waals surface area contributed by atoms with Crippen molar-refractivity contribution in [2.45, 2.75) is 0 Å². The summed E-state index contributed by atoms with van der Waals surface area (Å²) in [5.74, 6) is 0.691. The van der Waals surface area contributed by atoms with E-state index in [4.69, 9.17) is 14.4 Å². The number of benzene rings is 8. The summed E-state index contributed by atoms with van der Waals surface area (Å²) in [7, 11) is 0. The van der Waals surface area contributed by atoms with Crippen LogP contribution < -0.4 is 0 Å². The predicted octanol–water partition coefficient (Wildman–Crippen LogP) is 13.5. The second-order valence-corrected chi connectivity index (χ2v) is 13.4.